The molecule has 1 aliphatic rings. The molecule has 0 spiro atoms. The average molecular weight is 379 g/mol. The van der Waals surface area contributed by atoms with Gasteiger partial charge in [0.05, 0.1) is 12.7 Å². The molecule has 0 saturated carbocycles. The number of para-hydroxylation sites is 1. The molecule has 7 heteroatoms. The summed E-state index contributed by atoms with van der Waals surface area (Å²) in [5, 5.41) is 12.7. The van der Waals surface area contributed by atoms with E-state index in [0.717, 1.165) is 47.2 Å². The van der Waals surface area contributed by atoms with Crippen molar-refractivity contribution in [3.8, 4) is 0 Å². The van der Waals surface area contributed by atoms with Gasteiger partial charge in [0, 0.05) is 31.1 Å². The van der Waals surface area contributed by atoms with E-state index in [1.807, 2.05) is 12.1 Å². The molecule has 0 aliphatic carbocycles. The summed E-state index contributed by atoms with van der Waals surface area (Å²) in [6.07, 6.45) is 0.272. The Morgan fingerprint density at radius 3 is 3.00 bits per heavy atom. The maximum absolute atomic E-state index is 5.91. The Balaban J connectivity index is 1.49. The number of hydrogen-bond acceptors (Lipinski definition) is 7. The second-order valence-electron chi connectivity index (χ2n) is 6.77. The van der Waals surface area contributed by atoms with Crippen LogP contribution in [0.2, 0.25) is 0 Å². The lowest BCUT2D eigenvalue weighted by molar-refractivity contribution is -0.0191. The van der Waals surface area contributed by atoms with Gasteiger partial charge in [-0.15, -0.1) is 10.2 Å². The van der Waals surface area contributed by atoms with Gasteiger partial charge in [-0.1, -0.05) is 55.1 Å². The predicted molar refractivity (Wildman–Crippen MR) is 106 cm³/mol. The van der Waals surface area contributed by atoms with Gasteiger partial charge in [0.1, 0.15) is 0 Å². The van der Waals surface area contributed by atoms with Crippen LogP contribution in [-0.2, 0) is 4.74 Å². The fourth-order valence-corrected chi connectivity index (χ4v) is 4.67. The normalized spacial score (nSPS) is 18.6. The number of rotatable bonds is 7. The van der Waals surface area contributed by atoms with Gasteiger partial charge in [0.2, 0.25) is 5.13 Å². The van der Waals surface area contributed by atoms with Crippen LogP contribution in [0.15, 0.2) is 28.6 Å². The van der Waals surface area contributed by atoms with Crippen molar-refractivity contribution in [2.45, 2.75) is 31.2 Å². The first-order valence-electron chi connectivity index (χ1n) is 8.73. The number of thioether (sulfide) groups is 1. The fourth-order valence-electron chi connectivity index (χ4n) is 2.87. The zero-order chi connectivity index (χ0) is 17.6. The van der Waals surface area contributed by atoms with E-state index in [-0.39, 0.29) is 6.10 Å². The Hall–Kier alpha value is -1.15. The third kappa shape index (κ3) is 5.67. The molecule has 1 aromatic carbocycles. The summed E-state index contributed by atoms with van der Waals surface area (Å²) in [7, 11) is 0. The Labute approximate surface area is 158 Å². The number of morpholine rings is 1. The zero-order valence-corrected chi connectivity index (χ0v) is 16.7. The van der Waals surface area contributed by atoms with Crippen molar-refractivity contribution in [1.29, 1.82) is 0 Å². The topological polar surface area (TPSA) is 50.3 Å². The second-order valence-corrected chi connectivity index (χ2v) is 9.01. The molecule has 1 fully saturated rings. The van der Waals surface area contributed by atoms with Crippen LogP contribution in [-0.4, -0.2) is 53.2 Å². The summed E-state index contributed by atoms with van der Waals surface area (Å²) >= 11 is 3.33. The quantitative estimate of drug-likeness (QED) is 0.734. The molecule has 2 aromatic rings. The van der Waals surface area contributed by atoms with Gasteiger partial charge in [-0.05, 0) is 24.5 Å². The molecule has 1 N–H and O–H groups in total. The molecule has 0 amide bonds. The van der Waals surface area contributed by atoms with Gasteiger partial charge in [-0.3, -0.25) is 4.90 Å². The summed E-state index contributed by atoms with van der Waals surface area (Å²) in [6.45, 7) is 10.7. The third-order valence-electron chi connectivity index (χ3n) is 4.03. The highest BCUT2D eigenvalue weighted by Crippen LogP contribution is 2.29. The van der Waals surface area contributed by atoms with Crippen LogP contribution in [0.25, 0.3) is 0 Å². The van der Waals surface area contributed by atoms with Crippen molar-refractivity contribution >= 4 is 33.9 Å². The van der Waals surface area contributed by atoms with E-state index in [2.05, 4.69) is 53.3 Å². The van der Waals surface area contributed by atoms with Crippen LogP contribution >= 0.6 is 23.1 Å². The lowest BCUT2D eigenvalue weighted by Crippen LogP contribution is -2.44. The molecule has 25 heavy (non-hydrogen) atoms. The number of aromatic nitrogens is 2. The van der Waals surface area contributed by atoms with Gasteiger partial charge >= 0.3 is 0 Å². The van der Waals surface area contributed by atoms with E-state index >= 15 is 0 Å². The molecule has 1 aromatic heterocycles. The molecule has 1 saturated heterocycles. The number of anilines is 2. The smallest absolute Gasteiger partial charge is 0.210 e. The summed E-state index contributed by atoms with van der Waals surface area (Å²) in [4.78, 5) is 2.50. The highest BCUT2D eigenvalue weighted by molar-refractivity contribution is 8.01. The Kier molecular flexibility index (Phi) is 6.70. The number of ether oxygens (including phenoxy) is 1. The minimum absolute atomic E-state index is 0.272. The van der Waals surface area contributed by atoms with E-state index in [0.29, 0.717) is 5.92 Å². The molecule has 1 atom stereocenters. The van der Waals surface area contributed by atoms with Gasteiger partial charge in [-0.25, -0.2) is 0 Å². The number of nitrogens with one attached hydrogen (secondary N) is 1. The van der Waals surface area contributed by atoms with Crippen molar-refractivity contribution in [2.24, 2.45) is 5.92 Å². The Morgan fingerprint density at radius 1 is 1.36 bits per heavy atom. The number of aryl methyl sites for hydroxylation is 1. The average Bonchev–Trinajstić information content (AvgIpc) is 3.02. The molecule has 0 radical (unpaired) electrons. The van der Waals surface area contributed by atoms with Crippen molar-refractivity contribution in [2.75, 3.05) is 37.3 Å². The molecule has 1 aliphatic heterocycles. The van der Waals surface area contributed by atoms with Crippen molar-refractivity contribution in [3.63, 3.8) is 0 Å². The van der Waals surface area contributed by atoms with Crippen LogP contribution in [0.4, 0.5) is 10.8 Å². The monoisotopic (exact) mass is 378 g/mol. The van der Waals surface area contributed by atoms with E-state index in [1.54, 1.807) is 23.1 Å². The Bertz CT molecular complexity index is 677. The first-order chi connectivity index (χ1) is 12.1. The molecular formula is C18H26N4OS2. The van der Waals surface area contributed by atoms with Crippen LogP contribution in [0.5, 0.6) is 0 Å². The van der Waals surface area contributed by atoms with Crippen LogP contribution in [0.3, 0.4) is 0 Å². The van der Waals surface area contributed by atoms with Crippen LogP contribution < -0.4 is 5.32 Å². The van der Waals surface area contributed by atoms with Crippen molar-refractivity contribution < 1.29 is 4.74 Å². The minimum atomic E-state index is 0.272. The summed E-state index contributed by atoms with van der Waals surface area (Å²) in [5.41, 5.74) is 2.28. The first-order valence-corrected chi connectivity index (χ1v) is 10.5. The predicted octanol–water partition coefficient (Wildman–Crippen LogP) is 4.04. The lowest BCUT2D eigenvalue weighted by atomic mass is 10.2. The fraction of sp³-hybridized carbons (Fsp3) is 0.556. The Morgan fingerprint density at radius 2 is 2.20 bits per heavy atom. The number of hydrogen-bond donors (Lipinski definition) is 1. The lowest BCUT2D eigenvalue weighted by Gasteiger charge is -2.33. The van der Waals surface area contributed by atoms with Gasteiger partial charge in [-0.2, -0.15) is 0 Å². The maximum atomic E-state index is 5.91. The molecule has 2 heterocycles. The largest absolute Gasteiger partial charge is 0.375 e. The standard InChI is InChI=1S/C18H26N4OS2/c1-13(2)10-22-8-9-23-15(11-22)12-24-18-21-20-17(25-18)19-16-7-5-4-6-14(16)3/h4-7,13,15H,8-12H2,1-3H3,(H,19,20)/t15-/m1/s1. The highest BCUT2D eigenvalue weighted by Gasteiger charge is 2.21. The zero-order valence-electron chi connectivity index (χ0n) is 15.1. The third-order valence-corrected chi connectivity index (χ3v) is 6.14. The molecule has 5 nitrogen and oxygen atoms in total. The number of nitrogens with zero attached hydrogens (tertiary/aromatic N) is 3. The van der Waals surface area contributed by atoms with E-state index in [1.165, 1.54) is 5.56 Å². The second kappa shape index (κ2) is 8.98. The minimum Gasteiger partial charge on any atom is -0.375 e. The van der Waals surface area contributed by atoms with Crippen LogP contribution in [0, 0.1) is 12.8 Å². The first kappa shape index (κ1) is 18.6. The molecule has 3 rings (SSSR count). The van der Waals surface area contributed by atoms with Gasteiger partial charge in [0.15, 0.2) is 4.34 Å². The van der Waals surface area contributed by atoms with E-state index in [9.17, 15) is 0 Å². The van der Waals surface area contributed by atoms with Gasteiger partial charge in [0.25, 0.3) is 0 Å². The number of benzene rings is 1. The highest BCUT2D eigenvalue weighted by atomic mass is 32.2. The SMILES string of the molecule is Cc1ccccc1Nc1nnc(SC[C@H]2CN(CC(C)C)CCO2)s1. The van der Waals surface area contributed by atoms with Gasteiger partial charge < -0.3 is 10.1 Å². The van der Waals surface area contributed by atoms with E-state index in [4.69, 9.17) is 4.74 Å². The van der Waals surface area contributed by atoms with Crippen LogP contribution in [0.1, 0.15) is 19.4 Å². The molecule has 136 valence electrons. The van der Waals surface area contributed by atoms with E-state index < -0.39 is 0 Å². The van der Waals surface area contributed by atoms with Crippen molar-refractivity contribution in [1.82, 2.24) is 15.1 Å². The summed E-state index contributed by atoms with van der Waals surface area (Å²) in [6, 6.07) is 8.20. The molecule has 0 unspecified atom stereocenters. The maximum Gasteiger partial charge on any atom is 0.210 e. The summed E-state index contributed by atoms with van der Waals surface area (Å²) < 4.78 is 6.89. The summed E-state index contributed by atoms with van der Waals surface area (Å²) in [5.74, 6) is 1.62. The van der Waals surface area contributed by atoms with Crippen molar-refractivity contribution in [3.05, 3.63) is 29.8 Å². The molecule has 0 bridgehead atoms. The molecular weight excluding hydrogens is 352 g/mol.